The second kappa shape index (κ2) is 1.53. The van der Waals surface area contributed by atoms with Crippen LogP contribution in [0.25, 0.3) is 0 Å². The van der Waals surface area contributed by atoms with Crippen LogP contribution in [0.1, 0.15) is 27.2 Å². The molecular weight excluding hydrogens is 108 g/mol. The second-order valence-electron chi connectivity index (χ2n) is 4.20. The summed E-state index contributed by atoms with van der Waals surface area (Å²) in [5, 5.41) is 0. The third-order valence-corrected chi connectivity index (χ3v) is 3.58. The Morgan fingerprint density at radius 2 is 1.33 bits per heavy atom. The van der Waals surface area contributed by atoms with Crippen molar-refractivity contribution in [2.75, 3.05) is 0 Å². The van der Waals surface area contributed by atoms with Crippen LogP contribution in [0.5, 0.6) is 0 Å². The smallest absolute Gasteiger partial charge is 0.0326 e. The van der Waals surface area contributed by atoms with Crippen LogP contribution in [0.4, 0.5) is 0 Å². The monoisotopic (exact) mass is 124 g/mol. The van der Waals surface area contributed by atoms with Gasteiger partial charge in [-0.2, -0.15) is 0 Å². The van der Waals surface area contributed by atoms with Crippen molar-refractivity contribution in [3.05, 3.63) is 0 Å². The summed E-state index contributed by atoms with van der Waals surface area (Å²) in [7, 11) is 0. The average Bonchev–Trinajstić information content (AvgIpc) is 2.30. The molecule has 0 radical (unpaired) electrons. The predicted molar refractivity (Wildman–Crippen MR) is 39.1 cm³/mol. The Hall–Kier alpha value is 0. The van der Waals surface area contributed by atoms with Crippen LogP contribution in [-0.4, -0.2) is 0 Å². The molecule has 0 N–H and O–H groups in total. The lowest BCUT2D eigenvalue weighted by Gasteiger charge is -2.08. The molecule has 52 valence electrons. The highest BCUT2D eigenvalue weighted by Crippen LogP contribution is 2.62. The van der Waals surface area contributed by atoms with Gasteiger partial charge in [-0.15, -0.1) is 0 Å². The van der Waals surface area contributed by atoms with Crippen molar-refractivity contribution < 1.29 is 0 Å². The van der Waals surface area contributed by atoms with Crippen molar-refractivity contribution in [1.29, 1.82) is 0 Å². The lowest BCUT2D eigenvalue weighted by Crippen LogP contribution is -1.99. The quantitative estimate of drug-likeness (QED) is 0.465. The van der Waals surface area contributed by atoms with E-state index in [1.807, 2.05) is 0 Å². The molecule has 2 aliphatic carbocycles. The summed E-state index contributed by atoms with van der Waals surface area (Å²) < 4.78 is 0. The van der Waals surface area contributed by atoms with Crippen LogP contribution in [0.15, 0.2) is 0 Å². The van der Waals surface area contributed by atoms with Crippen LogP contribution in [0.3, 0.4) is 0 Å². The Labute approximate surface area is 57.6 Å². The molecule has 4 atom stereocenters. The molecule has 0 amide bonds. The van der Waals surface area contributed by atoms with Crippen molar-refractivity contribution in [3.8, 4) is 0 Å². The molecule has 0 bridgehead atoms. The zero-order chi connectivity index (χ0) is 6.59. The van der Waals surface area contributed by atoms with Crippen LogP contribution in [-0.2, 0) is 0 Å². The lowest BCUT2D eigenvalue weighted by atomic mass is 9.97. The van der Waals surface area contributed by atoms with Gasteiger partial charge in [0.2, 0.25) is 0 Å². The van der Waals surface area contributed by atoms with Crippen molar-refractivity contribution in [3.63, 3.8) is 0 Å². The summed E-state index contributed by atoms with van der Waals surface area (Å²) in [4.78, 5) is 0. The normalized spacial score (nSPS) is 63.7. The van der Waals surface area contributed by atoms with Gasteiger partial charge in [0.15, 0.2) is 0 Å². The first-order valence-corrected chi connectivity index (χ1v) is 4.22. The minimum absolute atomic E-state index is 1.04. The second-order valence-corrected chi connectivity index (χ2v) is 4.20. The zero-order valence-corrected chi connectivity index (χ0v) is 6.59. The molecule has 0 heterocycles. The Bertz CT molecular complexity index is 114. The predicted octanol–water partition coefficient (Wildman–Crippen LogP) is 2.54. The molecule has 2 rings (SSSR count). The molecule has 9 heavy (non-hydrogen) atoms. The van der Waals surface area contributed by atoms with Gasteiger partial charge in [-0.05, 0) is 36.0 Å². The highest BCUT2D eigenvalue weighted by atomic mass is 14.6. The fraction of sp³-hybridized carbons (Fsp3) is 1.00. The first-order valence-electron chi connectivity index (χ1n) is 4.22. The Morgan fingerprint density at radius 3 is 1.56 bits per heavy atom. The molecule has 0 aromatic carbocycles. The topological polar surface area (TPSA) is 0 Å². The maximum Gasteiger partial charge on any atom is -0.0326 e. The molecule has 0 spiro atoms. The molecule has 2 fully saturated rings. The van der Waals surface area contributed by atoms with Crippen LogP contribution in [0, 0.1) is 29.6 Å². The summed E-state index contributed by atoms with van der Waals surface area (Å²) in [6.45, 7) is 7.26. The number of hydrogen-bond donors (Lipinski definition) is 0. The van der Waals surface area contributed by atoms with Gasteiger partial charge in [0.1, 0.15) is 0 Å². The maximum absolute atomic E-state index is 2.42. The van der Waals surface area contributed by atoms with Gasteiger partial charge in [0.25, 0.3) is 0 Å². The number of rotatable bonds is 0. The fourth-order valence-corrected chi connectivity index (χ4v) is 3.22. The number of fused-ring (bicyclic) bond motifs is 1. The van der Waals surface area contributed by atoms with E-state index in [1.54, 1.807) is 0 Å². The fourth-order valence-electron chi connectivity index (χ4n) is 3.22. The molecule has 0 nitrogen and oxygen atoms in total. The Morgan fingerprint density at radius 1 is 0.889 bits per heavy atom. The standard InChI is InChI=1S/C9H16/c1-5-4-6(2)9-7(3)8(5)9/h5-9H,4H2,1-3H3. The van der Waals surface area contributed by atoms with Crippen molar-refractivity contribution in [2.45, 2.75) is 27.2 Å². The third kappa shape index (κ3) is 0.595. The van der Waals surface area contributed by atoms with E-state index >= 15 is 0 Å². The van der Waals surface area contributed by atoms with E-state index in [2.05, 4.69) is 20.8 Å². The van der Waals surface area contributed by atoms with Crippen LogP contribution in [0.2, 0.25) is 0 Å². The van der Waals surface area contributed by atoms with Crippen LogP contribution >= 0.6 is 0 Å². The van der Waals surface area contributed by atoms with Crippen LogP contribution < -0.4 is 0 Å². The van der Waals surface area contributed by atoms with Gasteiger partial charge in [-0.1, -0.05) is 20.8 Å². The van der Waals surface area contributed by atoms with E-state index in [4.69, 9.17) is 0 Å². The highest BCUT2D eigenvalue weighted by Gasteiger charge is 2.56. The van der Waals surface area contributed by atoms with Gasteiger partial charge in [-0.3, -0.25) is 0 Å². The van der Waals surface area contributed by atoms with Crippen molar-refractivity contribution >= 4 is 0 Å². The lowest BCUT2D eigenvalue weighted by molar-refractivity contribution is 0.416. The molecule has 2 aliphatic rings. The Kier molecular flexibility index (Phi) is 0.980. The molecule has 0 saturated heterocycles. The summed E-state index contributed by atoms with van der Waals surface area (Å²) in [6.07, 6.45) is 1.50. The molecule has 0 aromatic rings. The number of hydrogen-bond acceptors (Lipinski definition) is 0. The minimum Gasteiger partial charge on any atom is -0.0622 e. The molecule has 2 saturated carbocycles. The van der Waals surface area contributed by atoms with Crippen molar-refractivity contribution in [1.82, 2.24) is 0 Å². The van der Waals surface area contributed by atoms with Gasteiger partial charge in [0.05, 0.1) is 0 Å². The van der Waals surface area contributed by atoms with E-state index in [9.17, 15) is 0 Å². The van der Waals surface area contributed by atoms with E-state index < -0.39 is 0 Å². The minimum atomic E-state index is 1.04. The SMILES string of the molecule is CC1CC(C)C2C(C)C12. The maximum atomic E-state index is 2.42. The first kappa shape index (κ1) is 5.76. The van der Waals surface area contributed by atoms with Gasteiger partial charge in [-0.25, -0.2) is 0 Å². The molecule has 0 aromatic heterocycles. The molecular formula is C9H16. The van der Waals surface area contributed by atoms with E-state index in [1.165, 1.54) is 6.42 Å². The third-order valence-electron chi connectivity index (χ3n) is 3.58. The van der Waals surface area contributed by atoms with E-state index in [0.717, 1.165) is 29.6 Å². The summed E-state index contributed by atoms with van der Waals surface area (Å²) in [5.41, 5.74) is 0. The van der Waals surface area contributed by atoms with Gasteiger partial charge < -0.3 is 0 Å². The van der Waals surface area contributed by atoms with Crippen molar-refractivity contribution in [2.24, 2.45) is 29.6 Å². The molecule has 0 heteroatoms. The molecule has 4 unspecified atom stereocenters. The highest BCUT2D eigenvalue weighted by molar-refractivity contribution is 5.04. The van der Waals surface area contributed by atoms with Gasteiger partial charge >= 0.3 is 0 Å². The summed E-state index contributed by atoms with van der Waals surface area (Å²) >= 11 is 0. The Balaban J connectivity index is 2.10. The summed E-state index contributed by atoms with van der Waals surface area (Å²) in [5.74, 6) is 5.41. The average molecular weight is 124 g/mol. The first-order chi connectivity index (χ1) is 4.22. The zero-order valence-electron chi connectivity index (χ0n) is 6.59. The van der Waals surface area contributed by atoms with E-state index in [0.29, 0.717) is 0 Å². The largest absolute Gasteiger partial charge is 0.0622 e. The van der Waals surface area contributed by atoms with E-state index in [-0.39, 0.29) is 0 Å². The molecule has 0 aliphatic heterocycles. The van der Waals surface area contributed by atoms with Gasteiger partial charge in [0, 0.05) is 0 Å². The summed E-state index contributed by atoms with van der Waals surface area (Å²) in [6, 6.07) is 0.